The third-order valence-corrected chi connectivity index (χ3v) is 6.65. The number of hydrogen-bond donors (Lipinski definition) is 1. The van der Waals surface area contributed by atoms with Crippen molar-refractivity contribution in [1.29, 1.82) is 5.26 Å². The molecule has 0 saturated carbocycles. The van der Waals surface area contributed by atoms with Crippen LogP contribution in [0.3, 0.4) is 0 Å². The maximum atomic E-state index is 13.0. The maximum absolute atomic E-state index is 13.0. The molecule has 0 saturated heterocycles. The van der Waals surface area contributed by atoms with E-state index in [4.69, 9.17) is 4.98 Å². The number of nitriles is 1. The Hall–Kier alpha value is -2.32. The minimum Gasteiger partial charge on any atom is -0.325 e. The number of nitrogens with zero attached hydrogens (tertiary/aromatic N) is 2. The molecule has 28 heavy (non-hydrogen) atoms. The molecule has 1 atom stereocenters. The van der Waals surface area contributed by atoms with Crippen molar-refractivity contribution < 1.29 is 4.79 Å². The first-order chi connectivity index (χ1) is 13.5. The summed E-state index contributed by atoms with van der Waals surface area (Å²) in [5, 5.41) is 13.1. The number of carbonyl (C=O) groups is 1. The molecule has 5 heteroatoms. The van der Waals surface area contributed by atoms with Crippen LogP contribution in [0.5, 0.6) is 0 Å². The molecule has 0 spiro atoms. The fraction of sp³-hybridized carbons (Fsp3) is 0.435. The number of anilines is 1. The van der Waals surface area contributed by atoms with Crippen molar-refractivity contribution in [3.8, 4) is 6.07 Å². The normalized spacial score (nSPS) is 14.5. The van der Waals surface area contributed by atoms with Crippen LogP contribution in [0.2, 0.25) is 0 Å². The molecule has 1 aromatic heterocycles. The van der Waals surface area contributed by atoms with Gasteiger partial charge in [-0.3, -0.25) is 4.79 Å². The second kappa shape index (κ2) is 9.25. The van der Waals surface area contributed by atoms with Gasteiger partial charge < -0.3 is 5.32 Å². The number of aromatic nitrogens is 1. The Bertz CT molecular complexity index is 897. The average molecular weight is 394 g/mol. The Morgan fingerprint density at radius 1 is 1.25 bits per heavy atom. The van der Waals surface area contributed by atoms with Gasteiger partial charge >= 0.3 is 0 Å². The zero-order chi connectivity index (χ0) is 20.1. The Morgan fingerprint density at radius 3 is 2.64 bits per heavy atom. The number of aryl methyl sites for hydroxylation is 4. The van der Waals surface area contributed by atoms with Crippen LogP contribution >= 0.6 is 11.8 Å². The van der Waals surface area contributed by atoms with E-state index in [1.165, 1.54) is 23.7 Å². The second-order valence-corrected chi connectivity index (χ2v) is 8.58. The topological polar surface area (TPSA) is 65.8 Å². The first-order valence-corrected chi connectivity index (χ1v) is 10.9. The Kier molecular flexibility index (Phi) is 6.74. The van der Waals surface area contributed by atoms with Crippen molar-refractivity contribution in [3.63, 3.8) is 0 Å². The van der Waals surface area contributed by atoms with Crippen LogP contribution in [-0.4, -0.2) is 16.1 Å². The number of para-hydroxylation sites is 1. The molecule has 1 aliphatic carbocycles. The summed E-state index contributed by atoms with van der Waals surface area (Å²) >= 11 is 1.41. The first kappa shape index (κ1) is 20.4. The fourth-order valence-electron chi connectivity index (χ4n) is 3.63. The van der Waals surface area contributed by atoms with Crippen LogP contribution in [0.15, 0.2) is 29.3 Å². The monoisotopic (exact) mass is 393 g/mol. The lowest BCUT2D eigenvalue weighted by Gasteiger charge is -2.18. The van der Waals surface area contributed by atoms with Crippen LogP contribution in [0.25, 0.3) is 0 Å². The van der Waals surface area contributed by atoms with Crippen LogP contribution in [0.4, 0.5) is 5.69 Å². The van der Waals surface area contributed by atoms with Gasteiger partial charge in [0.15, 0.2) is 0 Å². The predicted molar refractivity (Wildman–Crippen MR) is 115 cm³/mol. The van der Waals surface area contributed by atoms with Gasteiger partial charge in [-0.15, -0.1) is 0 Å². The van der Waals surface area contributed by atoms with Crippen LogP contribution < -0.4 is 5.32 Å². The minimum absolute atomic E-state index is 0.0365. The summed E-state index contributed by atoms with van der Waals surface area (Å²) < 4.78 is 0. The van der Waals surface area contributed by atoms with E-state index in [-0.39, 0.29) is 11.2 Å². The Morgan fingerprint density at radius 2 is 1.96 bits per heavy atom. The number of thioether (sulfide) groups is 1. The summed E-state index contributed by atoms with van der Waals surface area (Å²) in [4.78, 5) is 17.8. The Labute approximate surface area is 171 Å². The number of pyridine rings is 1. The fourth-order valence-corrected chi connectivity index (χ4v) is 4.63. The summed E-state index contributed by atoms with van der Waals surface area (Å²) in [6.07, 6.45) is 6.12. The number of hydrogen-bond acceptors (Lipinski definition) is 4. The number of fused-ring (bicyclic) bond motifs is 1. The zero-order valence-electron chi connectivity index (χ0n) is 16.8. The van der Waals surface area contributed by atoms with Gasteiger partial charge in [0, 0.05) is 11.4 Å². The van der Waals surface area contributed by atoms with Gasteiger partial charge in [-0.2, -0.15) is 5.26 Å². The van der Waals surface area contributed by atoms with E-state index in [0.29, 0.717) is 17.0 Å². The highest BCUT2D eigenvalue weighted by atomic mass is 32.2. The molecule has 0 aliphatic heterocycles. The lowest BCUT2D eigenvalue weighted by atomic mass is 10.1. The molecule has 1 aromatic carbocycles. The van der Waals surface area contributed by atoms with E-state index < -0.39 is 0 Å². The highest BCUT2D eigenvalue weighted by molar-refractivity contribution is 8.00. The summed E-state index contributed by atoms with van der Waals surface area (Å²) in [6, 6.07) is 10.3. The van der Waals surface area contributed by atoms with Gasteiger partial charge in [0.05, 0.1) is 10.8 Å². The van der Waals surface area contributed by atoms with E-state index in [9.17, 15) is 10.1 Å². The second-order valence-electron chi connectivity index (χ2n) is 7.39. The van der Waals surface area contributed by atoms with E-state index in [2.05, 4.69) is 11.4 Å². The highest BCUT2D eigenvalue weighted by Crippen LogP contribution is 2.31. The summed E-state index contributed by atoms with van der Waals surface area (Å²) in [7, 11) is 0. The van der Waals surface area contributed by atoms with Crippen molar-refractivity contribution in [1.82, 2.24) is 4.98 Å². The molecule has 0 bridgehead atoms. The summed E-state index contributed by atoms with van der Waals surface area (Å²) in [5.41, 5.74) is 5.87. The van der Waals surface area contributed by atoms with Crippen LogP contribution in [0.1, 0.15) is 60.6 Å². The van der Waals surface area contributed by atoms with Gasteiger partial charge in [0.25, 0.3) is 0 Å². The largest absolute Gasteiger partial charge is 0.325 e. The molecule has 3 rings (SSSR count). The summed E-state index contributed by atoms with van der Waals surface area (Å²) in [6.45, 7) is 5.99. The van der Waals surface area contributed by atoms with E-state index >= 15 is 0 Å². The number of carbonyl (C=O) groups excluding carboxylic acids is 1. The molecular formula is C23H27N3OS. The average Bonchev–Trinajstić information content (AvgIpc) is 2.92. The molecule has 146 valence electrons. The number of amides is 1. The molecule has 2 aromatic rings. The van der Waals surface area contributed by atoms with Crippen LogP contribution in [0, 0.1) is 25.2 Å². The third-order valence-electron chi connectivity index (χ3n) is 5.28. The van der Waals surface area contributed by atoms with Gasteiger partial charge in [-0.1, -0.05) is 43.3 Å². The van der Waals surface area contributed by atoms with Crippen molar-refractivity contribution in [2.75, 3.05) is 5.32 Å². The maximum Gasteiger partial charge on any atom is 0.237 e. The van der Waals surface area contributed by atoms with Crippen molar-refractivity contribution in [3.05, 3.63) is 52.2 Å². The number of nitrogens with one attached hydrogen (secondary N) is 1. The molecule has 1 aliphatic rings. The number of benzene rings is 1. The van der Waals surface area contributed by atoms with Crippen LogP contribution in [-0.2, 0) is 17.6 Å². The first-order valence-electron chi connectivity index (χ1n) is 10.00. The van der Waals surface area contributed by atoms with Gasteiger partial charge in [-0.25, -0.2) is 4.98 Å². The van der Waals surface area contributed by atoms with E-state index in [1.807, 2.05) is 45.0 Å². The molecule has 4 nitrogen and oxygen atoms in total. The minimum atomic E-state index is -0.289. The Balaban J connectivity index is 1.83. The molecule has 1 amide bonds. The standard InChI is InChI=1S/C23H27N3OS/c1-4-20(22(27)26-21-15(2)9-8-10-16(21)3)28-23-18(14-24)13-17-11-6-5-7-12-19(17)25-23/h8-10,13,20H,4-7,11-12H2,1-3H3,(H,26,27). The van der Waals surface area contributed by atoms with Crippen molar-refractivity contribution in [2.45, 2.75) is 69.6 Å². The van der Waals surface area contributed by atoms with Gasteiger partial charge in [0.2, 0.25) is 5.91 Å². The lowest BCUT2D eigenvalue weighted by Crippen LogP contribution is -2.25. The molecule has 1 heterocycles. The van der Waals surface area contributed by atoms with E-state index in [0.717, 1.165) is 48.2 Å². The predicted octanol–water partition coefficient (Wildman–Crippen LogP) is 5.35. The van der Waals surface area contributed by atoms with E-state index in [1.54, 1.807) is 0 Å². The number of rotatable bonds is 5. The zero-order valence-corrected chi connectivity index (χ0v) is 17.7. The smallest absolute Gasteiger partial charge is 0.237 e. The third kappa shape index (κ3) is 4.56. The quantitative estimate of drug-likeness (QED) is 0.549. The highest BCUT2D eigenvalue weighted by Gasteiger charge is 2.23. The molecule has 0 radical (unpaired) electrons. The molecule has 1 unspecified atom stereocenters. The lowest BCUT2D eigenvalue weighted by molar-refractivity contribution is -0.115. The SMILES string of the molecule is CCC(Sc1nc2c(cc1C#N)CCCCC2)C(=O)Nc1c(C)cccc1C. The molecule has 0 fully saturated rings. The molecule has 1 N–H and O–H groups in total. The van der Waals surface area contributed by atoms with Crippen molar-refractivity contribution >= 4 is 23.4 Å². The molecular weight excluding hydrogens is 366 g/mol. The van der Waals surface area contributed by atoms with Crippen molar-refractivity contribution in [2.24, 2.45) is 0 Å². The van der Waals surface area contributed by atoms with Gasteiger partial charge in [0.1, 0.15) is 11.1 Å². The van der Waals surface area contributed by atoms with Gasteiger partial charge in [-0.05, 0) is 68.7 Å². The summed E-state index contributed by atoms with van der Waals surface area (Å²) in [5.74, 6) is -0.0365.